The number of amides is 1. The van der Waals surface area contributed by atoms with Crippen LogP contribution in [0.15, 0.2) is 6.33 Å². The zero-order valence-electron chi connectivity index (χ0n) is 10.7. The standard InChI is InChI=1S/C11H21N5O/c1-8(12)5-4-6-10(17)14-9(2)11-15-13-7-16(11)3/h7-9H,4-6,12H2,1-3H3,(H,14,17). The Morgan fingerprint density at radius 1 is 1.59 bits per heavy atom. The number of nitrogens with two attached hydrogens (primary N) is 1. The highest BCUT2D eigenvalue weighted by Crippen LogP contribution is 2.08. The van der Waals surface area contributed by atoms with Crippen LogP contribution < -0.4 is 11.1 Å². The monoisotopic (exact) mass is 239 g/mol. The molecule has 1 aromatic rings. The molecule has 1 heterocycles. The van der Waals surface area contributed by atoms with Gasteiger partial charge in [-0.25, -0.2) is 0 Å². The van der Waals surface area contributed by atoms with Crippen LogP contribution in [0.25, 0.3) is 0 Å². The topological polar surface area (TPSA) is 85.8 Å². The van der Waals surface area contributed by atoms with Crippen LogP contribution in [0.1, 0.15) is 45.0 Å². The average Bonchev–Trinajstić information content (AvgIpc) is 2.63. The van der Waals surface area contributed by atoms with Gasteiger partial charge in [0.1, 0.15) is 6.33 Å². The van der Waals surface area contributed by atoms with Crippen LogP contribution in [0.5, 0.6) is 0 Å². The number of hydrogen-bond donors (Lipinski definition) is 2. The van der Waals surface area contributed by atoms with Gasteiger partial charge in [0.15, 0.2) is 5.82 Å². The smallest absolute Gasteiger partial charge is 0.220 e. The number of carbonyl (C=O) groups is 1. The lowest BCUT2D eigenvalue weighted by molar-refractivity contribution is -0.121. The molecule has 0 fully saturated rings. The molecule has 1 amide bonds. The molecule has 3 N–H and O–H groups in total. The maximum atomic E-state index is 11.6. The predicted molar refractivity (Wildman–Crippen MR) is 65.1 cm³/mol. The van der Waals surface area contributed by atoms with E-state index in [1.165, 1.54) is 0 Å². The summed E-state index contributed by atoms with van der Waals surface area (Å²) in [7, 11) is 1.86. The SMILES string of the molecule is CC(N)CCCC(=O)NC(C)c1nncn1C. The third-order valence-corrected chi connectivity index (χ3v) is 2.57. The van der Waals surface area contributed by atoms with Crippen molar-refractivity contribution in [3.05, 3.63) is 12.2 Å². The molecule has 0 aliphatic rings. The van der Waals surface area contributed by atoms with Gasteiger partial charge < -0.3 is 15.6 Å². The third kappa shape index (κ3) is 4.52. The summed E-state index contributed by atoms with van der Waals surface area (Å²) in [6.45, 7) is 3.84. The van der Waals surface area contributed by atoms with E-state index in [9.17, 15) is 4.79 Å². The largest absolute Gasteiger partial charge is 0.346 e. The lowest BCUT2D eigenvalue weighted by Gasteiger charge is -2.13. The van der Waals surface area contributed by atoms with E-state index in [2.05, 4.69) is 15.5 Å². The molecule has 0 aliphatic carbocycles. The van der Waals surface area contributed by atoms with Crippen LogP contribution in [-0.4, -0.2) is 26.7 Å². The summed E-state index contributed by atoms with van der Waals surface area (Å²) in [6, 6.07) is 0.0317. The number of aryl methyl sites for hydroxylation is 1. The molecule has 1 aromatic heterocycles. The minimum atomic E-state index is -0.120. The Hall–Kier alpha value is -1.43. The quantitative estimate of drug-likeness (QED) is 0.757. The molecule has 6 nitrogen and oxygen atoms in total. The summed E-state index contributed by atoms with van der Waals surface area (Å²) in [5, 5.41) is 10.6. The van der Waals surface area contributed by atoms with Gasteiger partial charge >= 0.3 is 0 Å². The van der Waals surface area contributed by atoms with Gasteiger partial charge in [0.2, 0.25) is 5.91 Å². The van der Waals surface area contributed by atoms with Crippen molar-refractivity contribution in [2.45, 2.75) is 45.2 Å². The number of aromatic nitrogens is 3. The molecule has 0 saturated carbocycles. The second-order valence-electron chi connectivity index (χ2n) is 4.46. The molecule has 0 bridgehead atoms. The number of hydrogen-bond acceptors (Lipinski definition) is 4. The highest BCUT2D eigenvalue weighted by atomic mass is 16.1. The number of nitrogens with zero attached hydrogens (tertiary/aromatic N) is 3. The summed E-state index contributed by atoms with van der Waals surface area (Å²) < 4.78 is 1.80. The van der Waals surface area contributed by atoms with Crippen LogP contribution >= 0.6 is 0 Å². The Bertz CT molecular complexity index is 360. The maximum absolute atomic E-state index is 11.6. The van der Waals surface area contributed by atoms with Gasteiger partial charge in [0.25, 0.3) is 0 Å². The van der Waals surface area contributed by atoms with Gasteiger partial charge in [0, 0.05) is 19.5 Å². The highest BCUT2D eigenvalue weighted by Gasteiger charge is 2.13. The van der Waals surface area contributed by atoms with Crippen molar-refractivity contribution in [1.82, 2.24) is 20.1 Å². The molecular weight excluding hydrogens is 218 g/mol. The zero-order chi connectivity index (χ0) is 12.8. The molecule has 96 valence electrons. The fourth-order valence-electron chi connectivity index (χ4n) is 1.65. The van der Waals surface area contributed by atoms with E-state index in [0.29, 0.717) is 6.42 Å². The summed E-state index contributed by atoms with van der Waals surface area (Å²) in [5.41, 5.74) is 5.62. The minimum Gasteiger partial charge on any atom is -0.346 e. The van der Waals surface area contributed by atoms with E-state index in [0.717, 1.165) is 18.7 Å². The second kappa shape index (κ2) is 6.34. The summed E-state index contributed by atoms with van der Waals surface area (Å²) in [5.74, 6) is 0.784. The van der Waals surface area contributed by atoms with Gasteiger partial charge in [-0.3, -0.25) is 4.79 Å². The van der Waals surface area contributed by atoms with Crippen molar-refractivity contribution in [1.29, 1.82) is 0 Å². The van der Waals surface area contributed by atoms with Crippen molar-refractivity contribution in [3.8, 4) is 0 Å². The summed E-state index contributed by atoms with van der Waals surface area (Å²) >= 11 is 0. The maximum Gasteiger partial charge on any atom is 0.220 e. The Morgan fingerprint density at radius 3 is 2.82 bits per heavy atom. The Kier molecular flexibility index (Phi) is 5.09. The van der Waals surface area contributed by atoms with Crippen molar-refractivity contribution in [2.75, 3.05) is 0 Å². The highest BCUT2D eigenvalue weighted by molar-refractivity contribution is 5.76. The number of carbonyl (C=O) groups excluding carboxylic acids is 1. The van der Waals surface area contributed by atoms with Crippen LogP contribution in [0, 0.1) is 0 Å². The molecular formula is C11H21N5O. The molecule has 0 radical (unpaired) electrons. The van der Waals surface area contributed by atoms with Crippen molar-refractivity contribution in [2.24, 2.45) is 12.8 Å². The van der Waals surface area contributed by atoms with Crippen LogP contribution in [0.3, 0.4) is 0 Å². The van der Waals surface area contributed by atoms with E-state index in [-0.39, 0.29) is 18.0 Å². The molecule has 0 aromatic carbocycles. The number of nitrogens with one attached hydrogen (secondary N) is 1. The van der Waals surface area contributed by atoms with Crippen LogP contribution in [0.4, 0.5) is 0 Å². The average molecular weight is 239 g/mol. The van der Waals surface area contributed by atoms with E-state index in [1.807, 2.05) is 20.9 Å². The van der Waals surface area contributed by atoms with Crippen LogP contribution in [-0.2, 0) is 11.8 Å². The fraction of sp³-hybridized carbons (Fsp3) is 0.727. The Balaban J connectivity index is 2.34. The number of rotatable bonds is 6. The first kappa shape index (κ1) is 13.6. The lowest BCUT2D eigenvalue weighted by Crippen LogP contribution is -2.28. The van der Waals surface area contributed by atoms with Gasteiger partial charge in [-0.1, -0.05) is 0 Å². The van der Waals surface area contributed by atoms with Crippen molar-refractivity contribution < 1.29 is 4.79 Å². The van der Waals surface area contributed by atoms with E-state index in [1.54, 1.807) is 10.9 Å². The zero-order valence-corrected chi connectivity index (χ0v) is 10.7. The van der Waals surface area contributed by atoms with Gasteiger partial charge in [-0.05, 0) is 26.7 Å². The second-order valence-corrected chi connectivity index (χ2v) is 4.46. The molecule has 0 aliphatic heterocycles. The van der Waals surface area contributed by atoms with Gasteiger partial charge in [0.05, 0.1) is 6.04 Å². The van der Waals surface area contributed by atoms with Crippen LogP contribution in [0.2, 0.25) is 0 Å². The van der Waals surface area contributed by atoms with E-state index >= 15 is 0 Å². The molecule has 17 heavy (non-hydrogen) atoms. The molecule has 2 unspecified atom stereocenters. The summed E-state index contributed by atoms with van der Waals surface area (Å²) in [6.07, 6.45) is 3.80. The first-order valence-electron chi connectivity index (χ1n) is 5.89. The predicted octanol–water partition coefficient (Wildman–Crippen LogP) is 0.510. The fourth-order valence-corrected chi connectivity index (χ4v) is 1.65. The summed E-state index contributed by atoms with van der Waals surface area (Å²) in [4.78, 5) is 11.6. The molecule has 0 spiro atoms. The molecule has 6 heteroatoms. The van der Waals surface area contributed by atoms with Gasteiger partial charge in [-0.15, -0.1) is 10.2 Å². The lowest BCUT2D eigenvalue weighted by atomic mass is 10.1. The Morgan fingerprint density at radius 2 is 2.29 bits per heavy atom. The van der Waals surface area contributed by atoms with Crippen molar-refractivity contribution in [3.63, 3.8) is 0 Å². The van der Waals surface area contributed by atoms with E-state index < -0.39 is 0 Å². The van der Waals surface area contributed by atoms with Gasteiger partial charge in [-0.2, -0.15) is 0 Å². The first-order valence-corrected chi connectivity index (χ1v) is 5.89. The van der Waals surface area contributed by atoms with Crippen molar-refractivity contribution >= 4 is 5.91 Å². The Labute approximate surface area is 102 Å². The minimum absolute atomic E-state index is 0.0288. The first-order chi connectivity index (χ1) is 8.00. The third-order valence-electron chi connectivity index (χ3n) is 2.57. The molecule has 0 saturated heterocycles. The normalized spacial score (nSPS) is 14.4. The van der Waals surface area contributed by atoms with E-state index in [4.69, 9.17) is 5.73 Å². The molecule has 1 rings (SSSR count). The molecule has 2 atom stereocenters.